The number of nitrogens with one attached hydrogen (secondary N) is 1. The van der Waals surface area contributed by atoms with Gasteiger partial charge >= 0.3 is 0 Å². The number of ether oxygens (including phenoxy) is 2. The van der Waals surface area contributed by atoms with Crippen molar-refractivity contribution in [2.24, 2.45) is 0 Å². The molecule has 122 valence electrons. The Balaban J connectivity index is 2.20. The van der Waals surface area contributed by atoms with Crippen LogP contribution in [0.25, 0.3) is 0 Å². The molecule has 0 radical (unpaired) electrons. The minimum Gasteiger partial charge on any atom is -0.496 e. The molecule has 0 atom stereocenters. The summed E-state index contributed by atoms with van der Waals surface area (Å²) in [6.07, 6.45) is 1.37. The monoisotopic (exact) mass is 316 g/mol. The lowest BCUT2D eigenvalue weighted by atomic mass is 10.1. The van der Waals surface area contributed by atoms with Crippen LogP contribution in [0.2, 0.25) is 0 Å². The van der Waals surface area contributed by atoms with E-state index < -0.39 is 0 Å². The summed E-state index contributed by atoms with van der Waals surface area (Å²) in [5, 5.41) is 0. The molecule has 23 heavy (non-hydrogen) atoms. The van der Waals surface area contributed by atoms with Gasteiger partial charge in [-0.2, -0.15) is 0 Å². The summed E-state index contributed by atoms with van der Waals surface area (Å²) in [5.74, 6) is 0.841. The number of nitrogens with zero attached hydrogens (tertiary/aromatic N) is 1. The predicted octanol–water partition coefficient (Wildman–Crippen LogP) is 1.97. The van der Waals surface area contributed by atoms with Crippen LogP contribution in [-0.4, -0.2) is 37.1 Å². The molecule has 0 aliphatic carbocycles. The van der Waals surface area contributed by atoms with Gasteiger partial charge in [0.25, 0.3) is 11.5 Å². The van der Waals surface area contributed by atoms with Crippen LogP contribution < -0.4 is 15.0 Å². The first-order valence-corrected chi connectivity index (χ1v) is 7.12. The lowest BCUT2D eigenvalue weighted by Crippen LogP contribution is -2.27. The number of aryl methyl sites for hydroxylation is 1. The van der Waals surface area contributed by atoms with Gasteiger partial charge in [0.15, 0.2) is 0 Å². The highest BCUT2D eigenvalue weighted by Crippen LogP contribution is 2.21. The van der Waals surface area contributed by atoms with Gasteiger partial charge in [0.05, 0.1) is 19.8 Å². The molecule has 6 nitrogen and oxygen atoms in total. The summed E-state index contributed by atoms with van der Waals surface area (Å²) in [7, 11) is 4.75. The van der Waals surface area contributed by atoms with Crippen molar-refractivity contribution in [3.63, 3.8) is 0 Å². The normalized spacial score (nSPS) is 10.3. The van der Waals surface area contributed by atoms with E-state index in [4.69, 9.17) is 9.47 Å². The number of H-pyrrole nitrogens is 1. The van der Waals surface area contributed by atoms with Crippen LogP contribution >= 0.6 is 0 Å². The Labute approximate surface area is 134 Å². The first-order valence-electron chi connectivity index (χ1n) is 7.12. The van der Waals surface area contributed by atoms with Crippen molar-refractivity contribution in [1.29, 1.82) is 0 Å². The van der Waals surface area contributed by atoms with Crippen LogP contribution in [0.15, 0.2) is 35.3 Å². The van der Waals surface area contributed by atoms with Crippen molar-refractivity contribution in [2.45, 2.75) is 13.5 Å². The van der Waals surface area contributed by atoms with E-state index in [-0.39, 0.29) is 17.2 Å². The van der Waals surface area contributed by atoms with Gasteiger partial charge in [-0.05, 0) is 24.1 Å². The average Bonchev–Trinajstić information content (AvgIpc) is 2.54. The number of benzene rings is 1. The molecule has 2 rings (SSSR count). The molecule has 0 saturated heterocycles. The fraction of sp³-hybridized carbons (Fsp3) is 0.294. The molecule has 2 aromatic rings. The largest absolute Gasteiger partial charge is 0.496 e. The molecule has 0 saturated carbocycles. The van der Waals surface area contributed by atoms with Gasteiger partial charge in [0.1, 0.15) is 11.5 Å². The standard InChI is InChI=1S/C17H20N2O4/c1-11-7-12(5-6-14(11)22-3)10-19(2)17(21)13-9-18-16(20)8-15(13)23-4/h5-9H,10H2,1-4H3,(H,18,20). The minimum atomic E-state index is -0.313. The van der Waals surface area contributed by atoms with Gasteiger partial charge in [-0.3, -0.25) is 9.59 Å². The first-order chi connectivity index (χ1) is 11.0. The van der Waals surface area contributed by atoms with Crippen molar-refractivity contribution in [2.75, 3.05) is 21.3 Å². The maximum Gasteiger partial charge on any atom is 0.259 e. The number of aromatic nitrogens is 1. The number of aromatic amines is 1. The fourth-order valence-electron chi connectivity index (χ4n) is 2.38. The summed E-state index contributed by atoms with van der Waals surface area (Å²) in [5.41, 5.74) is 2.00. The Hall–Kier alpha value is -2.76. The number of carbonyl (C=O) groups is 1. The molecule has 1 N–H and O–H groups in total. The molecule has 0 aliphatic rings. The van der Waals surface area contributed by atoms with Gasteiger partial charge < -0.3 is 19.4 Å². The quantitative estimate of drug-likeness (QED) is 0.915. The Bertz CT molecular complexity index is 767. The van der Waals surface area contributed by atoms with Crippen molar-refractivity contribution in [1.82, 2.24) is 9.88 Å². The minimum absolute atomic E-state index is 0.230. The zero-order chi connectivity index (χ0) is 17.0. The molecular weight excluding hydrogens is 296 g/mol. The van der Waals surface area contributed by atoms with Crippen molar-refractivity contribution >= 4 is 5.91 Å². The van der Waals surface area contributed by atoms with E-state index in [0.29, 0.717) is 12.1 Å². The molecule has 1 heterocycles. The zero-order valence-electron chi connectivity index (χ0n) is 13.7. The average molecular weight is 316 g/mol. The van der Waals surface area contributed by atoms with Crippen LogP contribution in [0, 0.1) is 6.92 Å². The summed E-state index contributed by atoms with van der Waals surface area (Å²) < 4.78 is 10.3. The second-order valence-corrected chi connectivity index (χ2v) is 5.24. The maximum atomic E-state index is 12.5. The van der Waals surface area contributed by atoms with Crippen molar-refractivity contribution in [3.05, 3.63) is 57.5 Å². The number of amides is 1. The van der Waals surface area contributed by atoms with Crippen molar-refractivity contribution in [3.8, 4) is 11.5 Å². The molecule has 6 heteroatoms. The summed E-state index contributed by atoms with van der Waals surface area (Å²) in [6.45, 7) is 2.39. The lowest BCUT2D eigenvalue weighted by Gasteiger charge is -2.19. The Morgan fingerprint density at radius 2 is 1.87 bits per heavy atom. The second kappa shape index (κ2) is 7.00. The third-order valence-electron chi connectivity index (χ3n) is 3.56. The van der Waals surface area contributed by atoms with Crippen LogP contribution in [0.3, 0.4) is 0 Å². The molecule has 0 fully saturated rings. The Morgan fingerprint density at radius 3 is 2.48 bits per heavy atom. The van der Waals surface area contributed by atoms with E-state index in [2.05, 4.69) is 4.98 Å². The SMILES string of the molecule is COc1ccc(CN(C)C(=O)c2c[nH]c(=O)cc2OC)cc1C. The number of carbonyl (C=O) groups excluding carboxylic acids is 1. The van der Waals surface area contributed by atoms with E-state index in [0.717, 1.165) is 16.9 Å². The molecule has 0 spiro atoms. The topological polar surface area (TPSA) is 71.6 Å². The third kappa shape index (κ3) is 3.71. The number of pyridine rings is 1. The molecule has 0 aliphatic heterocycles. The molecule has 1 aromatic carbocycles. The van der Waals surface area contributed by atoms with E-state index >= 15 is 0 Å². The number of methoxy groups -OCH3 is 2. The Morgan fingerprint density at radius 1 is 1.17 bits per heavy atom. The molecule has 1 aromatic heterocycles. The van der Waals surface area contributed by atoms with E-state index in [1.54, 1.807) is 19.1 Å². The van der Waals surface area contributed by atoms with Gasteiger partial charge in [0.2, 0.25) is 0 Å². The lowest BCUT2D eigenvalue weighted by molar-refractivity contribution is 0.0781. The van der Waals surface area contributed by atoms with Crippen LogP contribution in [0.5, 0.6) is 11.5 Å². The predicted molar refractivity (Wildman–Crippen MR) is 87.1 cm³/mol. The van der Waals surface area contributed by atoms with Gasteiger partial charge in [-0.1, -0.05) is 12.1 Å². The highest BCUT2D eigenvalue weighted by Gasteiger charge is 2.17. The number of rotatable bonds is 5. The van der Waals surface area contributed by atoms with Crippen LogP contribution in [-0.2, 0) is 6.54 Å². The van der Waals surface area contributed by atoms with E-state index in [9.17, 15) is 9.59 Å². The maximum absolute atomic E-state index is 12.5. The zero-order valence-corrected chi connectivity index (χ0v) is 13.7. The fourth-order valence-corrected chi connectivity index (χ4v) is 2.38. The Kier molecular flexibility index (Phi) is 5.05. The molecular formula is C17H20N2O4. The third-order valence-corrected chi connectivity index (χ3v) is 3.56. The van der Waals surface area contributed by atoms with Gasteiger partial charge in [0, 0.05) is 25.9 Å². The highest BCUT2D eigenvalue weighted by atomic mass is 16.5. The first kappa shape index (κ1) is 16.6. The van der Waals surface area contributed by atoms with Gasteiger partial charge in [-0.15, -0.1) is 0 Å². The summed E-state index contributed by atoms with van der Waals surface area (Å²) >= 11 is 0. The van der Waals surface area contributed by atoms with Crippen LogP contribution in [0.1, 0.15) is 21.5 Å². The van der Waals surface area contributed by atoms with Crippen molar-refractivity contribution < 1.29 is 14.3 Å². The van der Waals surface area contributed by atoms with Crippen LogP contribution in [0.4, 0.5) is 0 Å². The second-order valence-electron chi connectivity index (χ2n) is 5.24. The molecule has 0 unspecified atom stereocenters. The number of hydrogen-bond acceptors (Lipinski definition) is 4. The molecule has 0 bridgehead atoms. The molecule has 1 amide bonds. The summed E-state index contributed by atoms with van der Waals surface area (Å²) in [6, 6.07) is 7.04. The van der Waals surface area contributed by atoms with E-state index in [1.165, 1.54) is 19.4 Å². The van der Waals surface area contributed by atoms with E-state index in [1.807, 2.05) is 25.1 Å². The smallest absolute Gasteiger partial charge is 0.259 e. The summed E-state index contributed by atoms with van der Waals surface area (Å²) in [4.78, 5) is 27.9. The number of hydrogen-bond donors (Lipinski definition) is 1. The van der Waals surface area contributed by atoms with Gasteiger partial charge in [-0.25, -0.2) is 0 Å². The highest BCUT2D eigenvalue weighted by molar-refractivity contribution is 5.96.